The van der Waals surface area contributed by atoms with Crippen molar-refractivity contribution in [1.29, 1.82) is 0 Å². The minimum atomic E-state index is -0.650. The van der Waals surface area contributed by atoms with Crippen molar-refractivity contribution in [3.05, 3.63) is 40.6 Å². The van der Waals surface area contributed by atoms with Gasteiger partial charge >= 0.3 is 5.97 Å². The van der Waals surface area contributed by atoms with Crippen molar-refractivity contribution in [3.8, 4) is 0 Å². The highest BCUT2D eigenvalue weighted by Crippen LogP contribution is 2.23. The third-order valence-electron chi connectivity index (χ3n) is 6.40. The number of ketones is 2. The molecule has 1 atom stereocenters. The Morgan fingerprint density at radius 1 is 1.05 bits per heavy atom. The van der Waals surface area contributed by atoms with Crippen LogP contribution >= 0.6 is 0 Å². The number of anilines is 1. The molecule has 38 heavy (non-hydrogen) atoms. The fourth-order valence-electron chi connectivity index (χ4n) is 3.92. The molecule has 0 aromatic heterocycles. The lowest BCUT2D eigenvalue weighted by Crippen LogP contribution is -2.25. The molecule has 1 aliphatic rings. The number of esters is 1. The lowest BCUT2D eigenvalue weighted by molar-refractivity contribution is -0.138. The van der Waals surface area contributed by atoms with Crippen LogP contribution in [0.4, 0.5) is 5.69 Å². The number of rotatable bonds is 11. The molecular formula is C31H51N3O4. The molecule has 0 radical (unpaired) electrons. The van der Waals surface area contributed by atoms with Crippen LogP contribution in [0.2, 0.25) is 0 Å². The quantitative estimate of drug-likeness (QED) is 0.273. The van der Waals surface area contributed by atoms with Gasteiger partial charge in [0.2, 0.25) is 0 Å². The summed E-state index contributed by atoms with van der Waals surface area (Å²) in [7, 11) is 0. The van der Waals surface area contributed by atoms with Crippen LogP contribution in [0.15, 0.2) is 34.5 Å². The molecule has 1 unspecified atom stereocenters. The van der Waals surface area contributed by atoms with Gasteiger partial charge in [0.1, 0.15) is 11.5 Å². The Labute approximate surface area is 230 Å². The number of ether oxygens (including phenoxy) is 1. The van der Waals surface area contributed by atoms with Gasteiger partial charge in [0.25, 0.3) is 0 Å². The van der Waals surface area contributed by atoms with Gasteiger partial charge in [0.05, 0.1) is 13.2 Å². The summed E-state index contributed by atoms with van der Waals surface area (Å²) in [5.74, 6) is -0.769. The fraction of sp³-hybridized carbons (Fsp3) is 0.613. The second-order valence-electron chi connectivity index (χ2n) is 9.25. The summed E-state index contributed by atoms with van der Waals surface area (Å²) in [5, 5.41) is 0. The minimum Gasteiger partial charge on any atom is -0.461 e. The Morgan fingerprint density at radius 3 is 2.18 bits per heavy atom. The zero-order valence-corrected chi connectivity index (χ0v) is 25.3. The number of aliphatic imine (C=N–C) groups is 1. The van der Waals surface area contributed by atoms with E-state index < -0.39 is 5.97 Å². The van der Waals surface area contributed by atoms with Crippen molar-refractivity contribution in [3.63, 3.8) is 0 Å². The predicted molar refractivity (Wildman–Crippen MR) is 159 cm³/mol. The SMILES string of the molecule is CC.CCCN(CCC)c1cccc(C)c1C.CCOC(=O)/C(N)=C1\CC(=O)CC1=NCC(=O)C(C)CC. The number of carbonyl (C=O) groups is 3. The first-order chi connectivity index (χ1) is 18.1. The number of hydrogen-bond acceptors (Lipinski definition) is 7. The van der Waals surface area contributed by atoms with Crippen LogP contribution in [-0.2, 0) is 19.1 Å². The molecule has 1 aliphatic carbocycles. The average molecular weight is 530 g/mol. The lowest BCUT2D eigenvalue weighted by atomic mass is 10.0. The van der Waals surface area contributed by atoms with Crippen molar-refractivity contribution in [2.45, 2.75) is 94.4 Å². The number of aryl methyl sites for hydroxylation is 1. The van der Waals surface area contributed by atoms with E-state index in [0.29, 0.717) is 11.3 Å². The molecule has 0 saturated heterocycles. The Hall–Kier alpha value is -2.96. The molecule has 1 saturated carbocycles. The van der Waals surface area contributed by atoms with Crippen LogP contribution in [0, 0.1) is 19.8 Å². The molecule has 1 aromatic carbocycles. The second kappa shape index (κ2) is 19.2. The fourth-order valence-corrected chi connectivity index (χ4v) is 3.92. The first kappa shape index (κ1) is 35.0. The highest BCUT2D eigenvalue weighted by Gasteiger charge is 2.28. The van der Waals surface area contributed by atoms with Crippen molar-refractivity contribution >= 4 is 28.9 Å². The van der Waals surface area contributed by atoms with Gasteiger partial charge in [0.15, 0.2) is 5.78 Å². The number of Topliss-reactive ketones (excluding diaryl/α,β-unsaturated/α-hetero) is 2. The summed E-state index contributed by atoms with van der Waals surface area (Å²) in [4.78, 5) is 41.7. The molecule has 0 spiro atoms. The van der Waals surface area contributed by atoms with Gasteiger partial charge in [-0.05, 0) is 57.2 Å². The summed E-state index contributed by atoms with van der Waals surface area (Å²) in [5.41, 5.74) is 10.7. The van der Waals surface area contributed by atoms with Crippen LogP contribution in [0.3, 0.4) is 0 Å². The smallest absolute Gasteiger partial charge is 0.354 e. The number of nitrogens with zero attached hydrogens (tertiary/aromatic N) is 2. The van der Waals surface area contributed by atoms with E-state index in [-0.39, 0.29) is 49.2 Å². The molecule has 0 bridgehead atoms. The highest BCUT2D eigenvalue weighted by molar-refractivity contribution is 6.21. The van der Waals surface area contributed by atoms with E-state index in [1.165, 1.54) is 29.7 Å². The maximum Gasteiger partial charge on any atom is 0.354 e. The second-order valence-corrected chi connectivity index (χ2v) is 9.25. The summed E-state index contributed by atoms with van der Waals surface area (Å²) in [6.45, 7) is 20.9. The zero-order valence-electron chi connectivity index (χ0n) is 25.3. The molecule has 1 fully saturated rings. The maximum atomic E-state index is 11.8. The number of allylic oxidation sites excluding steroid dienone is 1. The number of hydrogen-bond donors (Lipinski definition) is 1. The topological polar surface area (TPSA) is 102 Å². The van der Waals surface area contributed by atoms with E-state index in [2.05, 4.69) is 55.8 Å². The molecule has 0 heterocycles. The predicted octanol–water partition coefficient (Wildman–Crippen LogP) is 6.14. The van der Waals surface area contributed by atoms with Crippen LogP contribution < -0.4 is 10.6 Å². The molecule has 1 aromatic rings. The third kappa shape index (κ3) is 11.2. The highest BCUT2D eigenvalue weighted by atomic mass is 16.5. The molecule has 0 aliphatic heterocycles. The van der Waals surface area contributed by atoms with Crippen LogP contribution in [-0.4, -0.2) is 49.5 Å². The Balaban J connectivity index is 0.000000709. The van der Waals surface area contributed by atoms with Crippen molar-refractivity contribution < 1.29 is 19.1 Å². The Kier molecular flexibility index (Phi) is 17.7. The van der Waals surface area contributed by atoms with E-state index in [9.17, 15) is 14.4 Å². The number of carbonyl (C=O) groups excluding carboxylic acids is 3. The van der Waals surface area contributed by atoms with Crippen molar-refractivity contribution in [2.75, 3.05) is 31.1 Å². The maximum absolute atomic E-state index is 11.8. The van der Waals surface area contributed by atoms with Gasteiger partial charge in [-0.3, -0.25) is 14.6 Å². The normalized spacial score (nSPS) is 15.6. The zero-order chi connectivity index (χ0) is 29.3. The van der Waals surface area contributed by atoms with Gasteiger partial charge in [-0.15, -0.1) is 0 Å². The Morgan fingerprint density at radius 2 is 1.66 bits per heavy atom. The molecule has 2 rings (SSSR count). The van der Waals surface area contributed by atoms with Crippen LogP contribution in [0.5, 0.6) is 0 Å². The minimum absolute atomic E-state index is 0.0111. The van der Waals surface area contributed by atoms with Crippen molar-refractivity contribution in [1.82, 2.24) is 0 Å². The van der Waals surface area contributed by atoms with Gasteiger partial charge in [-0.2, -0.15) is 0 Å². The number of benzene rings is 1. The van der Waals surface area contributed by atoms with E-state index in [1.807, 2.05) is 27.7 Å². The van der Waals surface area contributed by atoms with E-state index in [0.717, 1.165) is 19.5 Å². The van der Waals surface area contributed by atoms with Gasteiger partial charge in [-0.25, -0.2) is 4.79 Å². The first-order valence-electron chi connectivity index (χ1n) is 14.2. The molecule has 214 valence electrons. The average Bonchev–Trinajstić information content (AvgIpc) is 3.29. The van der Waals surface area contributed by atoms with E-state index in [4.69, 9.17) is 10.5 Å². The monoisotopic (exact) mass is 529 g/mol. The largest absolute Gasteiger partial charge is 0.461 e. The number of nitrogens with two attached hydrogens (primary N) is 1. The van der Waals surface area contributed by atoms with Gasteiger partial charge in [-0.1, -0.05) is 53.7 Å². The lowest BCUT2D eigenvalue weighted by Gasteiger charge is -2.26. The summed E-state index contributed by atoms with van der Waals surface area (Å²) in [6.07, 6.45) is 3.36. The first-order valence-corrected chi connectivity index (χ1v) is 14.2. The van der Waals surface area contributed by atoms with Crippen LogP contribution in [0.1, 0.15) is 91.7 Å². The molecule has 7 nitrogen and oxygen atoms in total. The molecule has 2 N–H and O–H groups in total. The molecule has 0 amide bonds. The van der Waals surface area contributed by atoms with Gasteiger partial charge < -0.3 is 15.4 Å². The Bertz CT molecular complexity index is 960. The summed E-state index contributed by atoms with van der Waals surface area (Å²) >= 11 is 0. The van der Waals surface area contributed by atoms with Crippen LogP contribution in [0.25, 0.3) is 0 Å². The summed E-state index contributed by atoms with van der Waals surface area (Å²) < 4.78 is 4.83. The molecule has 7 heteroatoms. The summed E-state index contributed by atoms with van der Waals surface area (Å²) in [6, 6.07) is 6.60. The van der Waals surface area contributed by atoms with Crippen molar-refractivity contribution in [2.24, 2.45) is 16.6 Å². The molecular weight excluding hydrogens is 478 g/mol. The standard InChI is InChI=1S/C15H22N2O4.C14H23N.C2H6/c1-4-9(3)13(19)8-17-12-7-10(18)6-11(12)14(16)15(20)21-5-2;1-5-10-15(11-6-2)14-9-7-8-12(3)13(14)4;1-2/h9H,4-8,16H2,1-3H3;7-9H,5-6,10-11H2,1-4H3;1-2H3/b14-11-,17-12?;;. The third-order valence-corrected chi connectivity index (χ3v) is 6.40. The van der Waals surface area contributed by atoms with Gasteiger partial charge in [0, 0.05) is 48.8 Å². The van der Waals surface area contributed by atoms with E-state index >= 15 is 0 Å². The van der Waals surface area contributed by atoms with E-state index in [1.54, 1.807) is 6.92 Å².